The molecule has 0 aliphatic carbocycles. The van der Waals surface area contributed by atoms with E-state index in [-0.39, 0.29) is 11.7 Å². The van der Waals surface area contributed by atoms with E-state index >= 15 is 0 Å². The van der Waals surface area contributed by atoms with E-state index in [0.29, 0.717) is 16.9 Å². The van der Waals surface area contributed by atoms with Crippen LogP contribution in [0.2, 0.25) is 0 Å². The molecule has 0 radical (unpaired) electrons. The Hall–Kier alpha value is -1.87. The molecule has 0 spiro atoms. The summed E-state index contributed by atoms with van der Waals surface area (Å²) in [6, 6.07) is 6.86. The van der Waals surface area contributed by atoms with Gasteiger partial charge in [-0.15, -0.1) is 0 Å². The van der Waals surface area contributed by atoms with E-state index in [2.05, 4.69) is 0 Å². The van der Waals surface area contributed by atoms with Crippen molar-refractivity contribution in [3.63, 3.8) is 0 Å². The molecule has 0 saturated carbocycles. The van der Waals surface area contributed by atoms with Crippen molar-refractivity contribution in [2.75, 3.05) is 7.11 Å². The van der Waals surface area contributed by atoms with Crippen molar-refractivity contribution in [1.82, 2.24) is 0 Å². The number of methoxy groups -OCH3 is 1. The number of carboxylic acid groups (broad SMARTS) is 1. The molecule has 0 aromatic heterocycles. The second-order valence-electron chi connectivity index (χ2n) is 4.67. The van der Waals surface area contributed by atoms with Crippen molar-refractivity contribution in [1.29, 1.82) is 5.26 Å². The van der Waals surface area contributed by atoms with Crippen LogP contribution < -0.4 is 4.74 Å². The van der Waals surface area contributed by atoms with Crippen LogP contribution in [-0.4, -0.2) is 27.6 Å². The van der Waals surface area contributed by atoms with Crippen LogP contribution in [0.1, 0.15) is 25.0 Å². The highest BCUT2D eigenvalue weighted by atomic mass is 32.2. The van der Waals surface area contributed by atoms with Crippen molar-refractivity contribution < 1.29 is 18.8 Å². The summed E-state index contributed by atoms with van der Waals surface area (Å²) in [5.41, 5.74) is 1.08. The van der Waals surface area contributed by atoms with Gasteiger partial charge in [-0.1, -0.05) is 19.9 Å². The third-order valence-corrected chi connectivity index (χ3v) is 4.76. The van der Waals surface area contributed by atoms with Crippen LogP contribution in [0, 0.1) is 17.2 Å². The summed E-state index contributed by atoms with van der Waals surface area (Å²) >= 11 is 0. The molecule has 1 aromatic rings. The molecule has 2 atom stereocenters. The van der Waals surface area contributed by atoms with Gasteiger partial charge in [-0.05, 0) is 23.6 Å². The molecule has 108 valence electrons. The zero-order valence-corrected chi connectivity index (χ0v) is 12.4. The van der Waals surface area contributed by atoms with Gasteiger partial charge >= 0.3 is 5.97 Å². The number of nitriles is 1. The van der Waals surface area contributed by atoms with Gasteiger partial charge in [0.25, 0.3) is 0 Å². The Bertz CT molecular complexity index is 563. The maximum atomic E-state index is 12.2. The van der Waals surface area contributed by atoms with Gasteiger partial charge < -0.3 is 9.84 Å². The zero-order chi connectivity index (χ0) is 15.3. The van der Waals surface area contributed by atoms with E-state index in [1.54, 1.807) is 32.0 Å². The van der Waals surface area contributed by atoms with Crippen molar-refractivity contribution in [2.45, 2.75) is 24.9 Å². The first-order valence-electron chi connectivity index (χ1n) is 6.07. The van der Waals surface area contributed by atoms with Crippen LogP contribution in [0.15, 0.2) is 18.2 Å². The third kappa shape index (κ3) is 3.81. The summed E-state index contributed by atoms with van der Waals surface area (Å²) in [6.07, 6.45) is 0. The maximum absolute atomic E-state index is 12.2. The van der Waals surface area contributed by atoms with Gasteiger partial charge in [-0.3, -0.25) is 9.00 Å². The average molecular weight is 295 g/mol. The van der Waals surface area contributed by atoms with Crippen molar-refractivity contribution >= 4 is 16.8 Å². The Morgan fingerprint density at radius 2 is 2.15 bits per heavy atom. The van der Waals surface area contributed by atoms with Gasteiger partial charge in [0.05, 0.1) is 12.7 Å². The van der Waals surface area contributed by atoms with E-state index in [0.717, 1.165) is 0 Å². The van der Waals surface area contributed by atoms with E-state index in [9.17, 15) is 9.00 Å². The largest absolute Gasteiger partial charge is 0.495 e. The minimum atomic E-state index is -1.53. The Morgan fingerprint density at radius 3 is 2.60 bits per heavy atom. The number of ether oxygens (including phenoxy) is 1. The molecule has 5 nitrogen and oxygen atoms in total. The number of rotatable bonds is 6. The predicted octanol–water partition coefficient (Wildman–Crippen LogP) is 1.92. The third-order valence-electron chi connectivity index (χ3n) is 2.83. The first-order chi connectivity index (χ1) is 9.40. The van der Waals surface area contributed by atoms with Gasteiger partial charge in [0, 0.05) is 16.6 Å². The lowest BCUT2D eigenvalue weighted by Crippen LogP contribution is -2.31. The zero-order valence-electron chi connectivity index (χ0n) is 11.6. The highest BCUT2D eigenvalue weighted by molar-refractivity contribution is 7.85. The molecule has 2 unspecified atom stereocenters. The van der Waals surface area contributed by atoms with Crippen molar-refractivity contribution in [3.05, 3.63) is 29.3 Å². The molecule has 1 aromatic carbocycles. The molecular formula is C14H17NO4S. The smallest absolute Gasteiger partial charge is 0.319 e. The minimum absolute atomic E-state index is 0.122. The van der Waals surface area contributed by atoms with Crippen LogP contribution >= 0.6 is 0 Å². The molecule has 0 fully saturated rings. The lowest BCUT2D eigenvalue weighted by Gasteiger charge is -2.16. The van der Waals surface area contributed by atoms with Crippen LogP contribution in [0.25, 0.3) is 0 Å². The summed E-state index contributed by atoms with van der Waals surface area (Å²) in [6.45, 7) is 3.46. The molecule has 6 heteroatoms. The van der Waals surface area contributed by atoms with E-state index in [1.807, 2.05) is 6.07 Å². The SMILES string of the molecule is COc1cc(CS(=O)C(C(=O)O)C(C)C)ccc1C#N. The Kier molecular flexibility index (Phi) is 5.71. The van der Waals surface area contributed by atoms with Crippen LogP contribution in [0.3, 0.4) is 0 Å². The first kappa shape index (κ1) is 16.2. The number of benzene rings is 1. The molecule has 1 N–H and O–H groups in total. The molecule has 0 bridgehead atoms. The topological polar surface area (TPSA) is 87.4 Å². The lowest BCUT2D eigenvalue weighted by molar-refractivity contribution is -0.137. The Morgan fingerprint density at radius 1 is 1.50 bits per heavy atom. The summed E-state index contributed by atoms with van der Waals surface area (Å²) in [5, 5.41) is 17.1. The Labute approximate surface area is 120 Å². The second-order valence-corrected chi connectivity index (χ2v) is 6.23. The molecule has 20 heavy (non-hydrogen) atoms. The van der Waals surface area contributed by atoms with Crippen LogP contribution in [0.4, 0.5) is 0 Å². The summed E-state index contributed by atoms with van der Waals surface area (Å²) in [4.78, 5) is 11.1. The van der Waals surface area contributed by atoms with E-state index < -0.39 is 22.0 Å². The quantitative estimate of drug-likeness (QED) is 0.866. The summed E-state index contributed by atoms with van der Waals surface area (Å²) < 4.78 is 17.3. The molecule has 0 saturated heterocycles. The minimum Gasteiger partial charge on any atom is -0.495 e. The van der Waals surface area contributed by atoms with Gasteiger partial charge in [0.1, 0.15) is 17.1 Å². The fourth-order valence-electron chi connectivity index (χ4n) is 1.87. The van der Waals surface area contributed by atoms with Crippen molar-refractivity contribution in [2.24, 2.45) is 5.92 Å². The summed E-state index contributed by atoms with van der Waals surface area (Å²) in [5.74, 6) is -0.747. The average Bonchev–Trinajstić information content (AvgIpc) is 2.37. The molecular weight excluding hydrogens is 278 g/mol. The monoisotopic (exact) mass is 295 g/mol. The summed E-state index contributed by atoms with van der Waals surface area (Å²) in [7, 11) is -0.0763. The van der Waals surface area contributed by atoms with Crippen molar-refractivity contribution in [3.8, 4) is 11.8 Å². The van der Waals surface area contributed by atoms with E-state index in [1.165, 1.54) is 7.11 Å². The van der Waals surface area contributed by atoms with Crippen LogP contribution in [0.5, 0.6) is 5.75 Å². The number of aliphatic carboxylic acids is 1. The lowest BCUT2D eigenvalue weighted by atomic mass is 10.1. The fourth-order valence-corrected chi connectivity index (χ4v) is 3.39. The van der Waals surface area contributed by atoms with Crippen LogP contribution in [-0.2, 0) is 21.3 Å². The normalized spacial score (nSPS) is 13.6. The van der Waals surface area contributed by atoms with Gasteiger partial charge in [-0.2, -0.15) is 5.26 Å². The standard InChI is InChI=1S/C14H17NO4S/c1-9(2)13(14(16)17)20(18)8-10-4-5-11(7-15)12(6-10)19-3/h4-6,9,13H,8H2,1-3H3,(H,16,17). The van der Waals surface area contributed by atoms with Gasteiger partial charge in [-0.25, -0.2) is 0 Å². The van der Waals surface area contributed by atoms with Gasteiger partial charge in [0.15, 0.2) is 0 Å². The number of hydrogen-bond donors (Lipinski definition) is 1. The highest BCUT2D eigenvalue weighted by Crippen LogP contribution is 2.22. The second kappa shape index (κ2) is 7.06. The molecule has 0 heterocycles. The first-order valence-corrected chi connectivity index (χ1v) is 7.46. The molecule has 1 rings (SSSR count). The highest BCUT2D eigenvalue weighted by Gasteiger charge is 2.28. The molecule has 0 amide bonds. The van der Waals surface area contributed by atoms with Gasteiger partial charge in [0.2, 0.25) is 0 Å². The van der Waals surface area contributed by atoms with E-state index in [4.69, 9.17) is 15.1 Å². The predicted molar refractivity (Wildman–Crippen MR) is 75.8 cm³/mol. The Balaban J connectivity index is 2.96. The molecule has 0 aliphatic heterocycles. The number of carbonyl (C=O) groups is 1. The molecule has 0 aliphatic rings. The fraction of sp³-hybridized carbons (Fsp3) is 0.429. The number of carboxylic acids is 1. The maximum Gasteiger partial charge on any atom is 0.319 e. The number of nitrogens with zero attached hydrogens (tertiary/aromatic N) is 1. The number of hydrogen-bond acceptors (Lipinski definition) is 4.